The predicted molar refractivity (Wildman–Crippen MR) is 77.3 cm³/mol. The van der Waals surface area contributed by atoms with E-state index in [0.29, 0.717) is 36.8 Å². The van der Waals surface area contributed by atoms with Gasteiger partial charge in [-0.1, -0.05) is 11.8 Å². The number of nitrogens with one attached hydrogen (secondary N) is 1. The molecular weight excluding hydrogens is 294 g/mol. The smallest absolute Gasteiger partial charge is 0.306 e. The van der Waals surface area contributed by atoms with Gasteiger partial charge in [-0.15, -0.1) is 0 Å². The average Bonchev–Trinajstić information content (AvgIpc) is 2.44. The highest BCUT2D eigenvalue weighted by molar-refractivity contribution is 7.99. The van der Waals surface area contributed by atoms with Gasteiger partial charge < -0.3 is 15.0 Å². The average molecular weight is 311 g/mol. The lowest BCUT2D eigenvalue weighted by Crippen LogP contribution is -2.41. The van der Waals surface area contributed by atoms with Crippen molar-refractivity contribution in [3.63, 3.8) is 0 Å². The molecule has 1 aromatic rings. The summed E-state index contributed by atoms with van der Waals surface area (Å²) in [5.74, 6) is -1.02. The molecular formula is C13H17N3O4S. The first-order chi connectivity index (χ1) is 9.95. The summed E-state index contributed by atoms with van der Waals surface area (Å²) in [4.78, 5) is 42.6. The number of amides is 1. The Kier molecular flexibility index (Phi) is 5.00. The van der Waals surface area contributed by atoms with Crippen molar-refractivity contribution in [1.82, 2.24) is 14.9 Å². The van der Waals surface area contributed by atoms with Gasteiger partial charge >= 0.3 is 5.97 Å². The van der Waals surface area contributed by atoms with Gasteiger partial charge in [-0.2, -0.15) is 0 Å². The van der Waals surface area contributed by atoms with Crippen LogP contribution >= 0.6 is 11.8 Å². The molecule has 1 fully saturated rings. The highest BCUT2D eigenvalue weighted by atomic mass is 32.2. The number of nitrogens with zero attached hydrogens (tertiary/aromatic N) is 2. The van der Waals surface area contributed by atoms with Gasteiger partial charge in [-0.25, -0.2) is 4.98 Å². The number of H-pyrrole nitrogens is 1. The number of hydrogen-bond acceptors (Lipinski definition) is 5. The van der Waals surface area contributed by atoms with E-state index in [1.165, 1.54) is 17.8 Å². The molecule has 0 aliphatic carbocycles. The highest BCUT2D eigenvalue weighted by Gasteiger charge is 2.26. The maximum Gasteiger partial charge on any atom is 0.306 e. The van der Waals surface area contributed by atoms with Crippen LogP contribution in [0.15, 0.2) is 16.0 Å². The van der Waals surface area contributed by atoms with Crippen LogP contribution in [0.1, 0.15) is 18.5 Å². The van der Waals surface area contributed by atoms with E-state index in [-0.39, 0.29) is 23.1 Å². The third-order valence-electron chi connectivity index (χ3n) is 3.38. The molecule has 2 rings (SSSR count). The second-order valence-corrected chi connectivity index (χ2v) is 5.94. The minimum atomic E-state index is -0.794. The van der Waals surface area contributed by atoms with E-state index in [1.807, 2.05) is 0 Å². The minimum absolute atomic E-state index is 0.0620. The number of aryl methyl sites for hydroxylation is 1. The number of carbonyl (C=O) groups is 2. The van der Waals surface area contributed by atoms with Gasteiger partial charge in [-0.3, -0.25) is 14.4 Å². The van der Waals surface area contributed by atoms with Gasteiger partial charge in [0.05, 0.1) is 11.7 Å². The number of aromatic amines is 1. The maximum atomic E-state index is 12.1. The molecule has 8 heteroatoms. The van der Waals surface area contributed by atoms with Crippen molar-refractivity contribution in [1.29, 1.82) is 0 Å². The standard InChI is InChI=1S/C13H17N3O4S/c1-8-6-10(17)15-13(14-8)21-7-11(18)16-4-2-9(3-5-16)12(19)20/h6,9H,2-5,7H2,1H3,(H,19,20)(H,14,15,17). The zero-order valence-electron chi connectivity index (χ0n) is 11.7. The lowest BCUT2D eigenvalue weighted by Gasteiger charge is -2.30. The van der Waals surface area contributed by atoms with Crippen molar-refractivity contribution < 1.29 is 14.7 Å². The molecule has 1 aromatic heterocycles. The van der Waals surface area contributed by atoms with Crippen molar-refractivity contribution >= 4 is 23.6 Å². The molecule has 2 N–H and O–H groups in total. The third-order valence-corrected chi connectivity index (χ3v) is 4.24. The topological polar surface area (TPSA) is 103 Å². The Morgan fingerprint density at radius 1 is 1.48 bits per heavy atom. The van der Waals surface area contributed by atoms with Crippen LogP contribution in [0.4, 0.5) is 0 Å². The van der Waals surface area contributed by atoms with Gasteiger partial charge in [0.15, 0.2) is 5.16 Å². The Bertz CT molecular complexity index is 593. The van der Waals surface area contributed by atoms with E-state index in [9.17, 15) is 14.4 Å². The molecule has 1 amide bonds. The Morgan fingerprint density at radius 3 is 2.71 bits per heavy atom. The van der Waals surface area contributed by atoms with Gasteiger partial charge in [0.25, 0.3) is 5.56 Å². The van der Waals surface area contributed by atoms with Gasteiger partial charge in [0.2, 0.25) is 5.91 Å². The SMILES string of the molecule is Cc1cc(=O)[nH]c(SCC(=O)N2CCC(C(=O)O)CC2)n1. The number of carboxylic acid groups (broad SMARTS) is 1. The zero-order valence-corrected chi connectivity index (χ0v) is 12.5. The fourth-order valence-corrected chi connectivity index (χ4v) is 3.04. The number of piperidine rings is 1. The summed E-state index contributed by atoms with van der Waals surface area (Å²) in [6.07, 6.45) is 0.983. The van der Waals surface area contributed by atoms with Crippen LogP contribution in [0, 0.1) is 12.8 Å². The predicted octanol–water partition coefficient (Wildman–Crippen LogP) is 0.494. The molecule has 7 nitrogen and oxygen atoms in total. The summed E-state index contributed by atoms with van der Waals surface area (Å²) in [5.41, 5.74) is 0.371. The fourth-order valence-electron chi connectivity index (χ4n) is 2.22. The first-order valence-corrected chi connectivity index (χ1v) is 7.65. The van der Waals surface area contributed by atoms with Crippen molar-refractivity contribution in [2.24, 2.45) is 5.92 Å². The van der Waals surface area contributed by atoms with Crippen LogP contribution in [0.25, 0.3) is 0 Å². The largest absolute Gasteiger partial charge is 0.481 e. The molecule has 0 radical (unpaired) electrons. The molecule has 0 spiro atoms. The Labute approximate surface area is 125 Å². The number of thioether (sulfide) groups is 1. The zero-order chi connectivity index (χ0) is 15.4. The van der Waals surface area contributed by atoms with Crippen molar-refractivity contribution in [3.8, 4) is 0 Å². The summed E-state index contributed by atoms with van der Waals surface area (Å²) in [6.45, 7) is 2.65. The third kappa shape index (κ3) is 4.32. The van der Waals surface area contributed by atoms with E-state index in [1.54, 1.807) is 11.8 Å². The van der Waals surface area contributed by atoms with E-state index >= 15 is 0 Å². The molecule has 21 heavy (non-hydrogen) atoms. The summed E-state index contributed by atoms with van der Waals surface area (Å²) >= 11 is 1.18. The lowest BCUT2D eigenvalue weighted by atomic mass is 9.97. The normalized spacial score (nSPS) is 16.0. The molecule has 0 atom stereocenters. The lowest BCUT2D eigenvalue weighted by molar-refractivity contribution is -0.145. The van der Waals surface area contributed by atoms with Crippen LogP contribution in [0.2, 0.25) is 0 Å². The molecule has 0 aromatic carbocycles. The van der Waals surface area contributed by atoms with Crippen LogP contribution in [-0.2, 0) is 9.59 Å². The molecule has 1 aliphatic heterocycles. The molecule has 1 saturated heterocycles. The van der Waals surface area contributed by atoms with Crippen LogP contribution in [0.3, 0.4) is 0 Å². The molecule has 0 bridgehead atoms. The van der Waals surface area contributed by atoms with Crippen molar-refractivity contribution in [2.75, 3.05) is 18.8 Å². The molecule has 0 unspecified atom stereocenters. The van der Waals surface area contributed by atoms with Crippen molar-refractivity contribution in [2.45, 2.75) is 24.9 Å². The van der Waals surface area contributed by atoms with E-state index in [2.05, 4.69) is 9.97 Å². The van der Waals surface area contributed by atoms with Crippen LogP contribution in [0.5, 0.6) is 0 Å². The first-order valence-electron chi connectivity index (χ1n) is 6.67. The Morgan fingerprint density at radius 2 is 2.14 bits per heavy atom. The Hall–Kier alpha value is -1.83. The maximum absolute atomic E-state index is 12.1. The van der Waals surface area contributed by atoms with E-state index < -0.39 is 5.97 Å². The first kappa shape index (κ1) is 15.6. The second-order valence-electron chi connectivity index (χ2n) is 4.97. The van der Waals surface area contributed by atoms with Gasteiger partial charge in [0, 0.05) is 24.8 Å². The van der Waals surface area contributed by atoms with Crippen LogP contribution < -0.4 is 5.56 Å². The molecule has 114 valence electrons. The Balaban J connectivity index is 1.85. The quantitative estimate of drug-likeness (QED) is 0.620. The van der Waals surface area contributed by atoms with E-state index in [4.69, 9.17) is 5.11 Å². The van der Waals surface area contributed by atoms with E-state index in [0.717, 1.165) is 0 Å². The molecule has 1 aliphatic rings. The fraction of sp³-hybridized carbons (Fsp3) is 0.538. The summed E-state index contributed by atoms with van der Waals surface area (Å²) in [5, 5.41) is 9.34. The summed E-state index contributed by atoms with van der Waals surface area (Å²) < 4.78 is 0. The number of aliphatic carboxylic acids is 1. The van der Waals surface area contributed by atoms with Gasteiger partial charge in [0.1, 0.15) is 0 Å². The summed E-state index contributed by atoms with van der Waals surface area (Å²) in [6, 6.07) is 1.39. The number of likely N-dealkylation sites (tertiary alicyclic amines) is 1. The second kappa shape index (κ2) is 6.75. The van der Waals surface area contributed by atoms with Crippen LogP contribution in [-0.4, -0.2) is 50.7 Å². The number of rotatable bonds is 4. The highest BCUT2D eigenvalue weighted by Crippen LogP contribution is 2.19. The van der Waals surface area contributed by atoms with Gasteiger partial charge in [-0.05, 0) is 19.8 Å². The van der Waals surface area contributed by atoms with Crippen molar-refractivity contribution in [3.05, 3.63) is 22.1 Å². The number of carboxylic acids is 1. The summed E-state index contributed by atoms with van der Waals surface area (Å²) in [7, 11) is 0. The number of aromatic nitrogens is 2. The molecule has 0 saturated carbocycles. The monoisotopic (exact) mass is 311 g/mol. The minimum Gasteiger partial charge on any atom is -0.481 e. The number of hydrogen-bond donors (Lipinski definition) is 2. The number of carbonyl (C=O) groups excluding carboxylic acids is 1. The molecule has 2 heterocycles.